The van der Waals surface area contributed by atoms with Gasteiger partial charge in [0.1, 0.15) is 5.75 Å². The fourth-order valence-corrected chi connectivity index (χ4v) is 1.65. The average Bonchev–Trinajstić information content (AvgIpc) is 2.32. The maximum absolute atomic E-state index is 10.9. The van der Waals surface area contributed by atoms with E-state index in [0.29, 0.717) is 5.69 Å². The normalized spacial score (nSPS) is 9.88. The summed E-state index contributed by atoms with van der Waals surface area (Å²) in [6.07, 6.45) is 0. The molecule has 0 atom stereocenters. The number of amides is 2. The first-order valence-electron chi connectivity index (χ1n) is 5.12. The third-order valence-electron chi connectivity index (χ3n) is 2.38. The van der Waals surface area contributed by atoms with Crippen molar-refractivity contribution in [2.24, 2.45) is 5.73 Å². The molecule has 4 nitrogen and oxygen atoms in total. The zero-order valence-electron chi connectivity index (χ0n) is 9.05. The fraction of sp³-hybridized carbons (Fsp3) is 0. The Hall–Kier alpha value is -2.49. The van der Waals surface area contributed by atoms with Crippen molar-refractivity contribution in [2.45, 2.75) is 0 Å². The zero-order chi connectivity index (χ0) is 12.3. The maximum atomic E-state index is 10.9. The summed E-state index contributed by atoms with van der Waals surface area (Å²) in [5, 5.41) is 12.2. The molecule has 2 amide bonds. The highest BCUT2D eigenvalue weighted by Gasteiger charge is 2.10. The van der Waals surface area contributed by atoms with Crippen molar-refractivity contribution in [3.05, 3.63) is 48.5 Å². The highest BCUT2D eigenvalue weighted by Crippen LogP contribution is 2.34. The summed E-state index contributed by atoms with van der Waals surface area (Å²) in [6, 6.07) is 13.8. The molecule has 2 aromatic carbocycles. The number of carbonyl (C=O) groups excluding carboxylic acids is 1. The van der Waals surface area contributed by atoms with Crippen LogP contribution in [0.5, 0.6) is 5.75 Å². The van der Waals surface area contributed by atoms with Crippen molar-refractivity contribution in [1.29, 1.82) is 0 Å². The van der Waals surface area contributed by atoms with Gasteiger partial charge in [-0.05, 0) is 11.6 Å². The first-order valence-corrected chi connectivity index (χ1v) is 5.12. The minimum absolute atomic E-state index is 0.00912. The molecule has 0 bridgehead atoms. The second-order valence-electron chi connectivity index (χ2n) is 3.55. The van der Waals surface area contributed by atoms with Gasteiger partial charge >= 0.3 is 6.03 Å². The van der Waals surface area contributed by atoms with Gasteiger partial charge in [0.05, 0.1) is 5.69 Å². The third-order valence-corrected chi connectivity index (χ3v) is 2.38. The van der Waals surface area contributed by atoms with Crippen molar-refractivity contribution in [1.82, 2.24) is 0 Å². The molecule has 2 aromatic rings. The standard InChI is InChI=1S/C13H12N2O2/c14-13(17)15-12-10(7-4-8-11(12)16)9-5-2-1-3-6-9/h1-8,16H,(H3,14,15,17). The number of primary amides is 1. The monoisotopic (exact) mass is 228 g/mol. The van der Waals surface area contributed by atoms with Gasteiger partial charge in [-0.2, -0.15) is 0 Å². The lowest BCUT2D eigenvalue weighted by atomic mass is 10.0. The number of carbonyl (C=O) groups is 1. The quantitative estimate of drug-likeness (QED) is 0.691. The molecule has 0 saturated heterocycles. The van der Waals surface area contributed by atoms with Crippen LogP contribution in [0.15, 0.2) is 48.5 Å². The van der Waals surface area contributed by atoms with E-state index in [-0.39, 0.29) is 5.75 Å². The molecule has 4 N–H and O–H groups in total. The Balaban J connectivity index is 2.54. The number of rotatable bonds is 2. The number of urea groups is 1. The van der Waals surface area contributed by atoms with Gasteiger partial charge in [-0.1, -0.05) is 42.5 Å². The van der Waals surface area contributed by atoms with E-state index in [1.807, 2.05) is 30.3 Å². The number of phenolic OH excluding ortho intramolecular Hbond substituents is 1. The van der Waals surface area contributed by atoms with Crippen LogP contribution in [0.3, 0.4) is 0 Å². The van der Waals surface area contributed by atoms with Crippen molar-refractivity contribution in [3.63, 3.8) is 0 Å². The summed E-state index contributed by atoms with van der Waals surface area (Å²) in [4.78, 5) is 10.9. The summed E-state index contributed by atoms with van der Waals surface area (Å²) < 4.78 is 0. The molecular formula is C13H12N2O2. The molecular weight excluding hydrogens is 216 g/mol. The van der Waals surface area contributed by atoms with Gasteiger partial charge in [0.2, 0.25) is 0 Å². The lowest BCUT2D eigenvalue weighted by Crippen LogP contribution is -2.19. The second-order valence-corrected chi connectivity index (χ2v) is 3.55. The Morgan fingerprint density at radius 3 is 2.41 bits per heavy atom. The molecule has 0 spiro atoms. The smallest absolute Gasteiger partial charge is 0.316 e. The summed E-state index contributed by atoms with van der Waals surface area (Å²) in [5.74, 6) is -0.00912. The molecule has 0 aromatic heterocycles. The van der Waals surface area contributed by atoms with Gasteiger partial charge in [-0.15, -0.1) is 0 Å². The van der Waals surface area contributed by atoms with E-state index >= 15 is 0 Å². The average molecular weight is 228 g/mol. The van der Waals surface area contributed by atoms with E-state index in [4.69, 9.17) is 5.73 Å². The highest BCUT2D eigenvalue weighted by molar-refractivity contribution is 5.95. The SMILES string of the molecule is NC(=O)Nc1c(O)cccc1-c1ccccc1. The first-order chi connectivity index (χ1) is 8.18. The molecule has 0 fully saturated rings. The molecule has 0 aliphatic heterocycles. The van der Waals surface area contributed by atoms with Crippen LogP contribution in [0.2, 0.25) is 0 Å². The second kappa shape index (κ2) is 4.57. The molecule has 0 heterocycles. The van der Waals surface area contributed by atoms with E-state index in [9.17, 15) is 9.90 Å². The van der Waals surface area contributed by atoms with E-state index in [2.05, 4.69) is 5.32 Å². The molecule has 2 rings (SSSR count). The Morgan fingerprint density at radius 2 is 1.76 bits per heavy atom. The van der Waals surface area contributed by atoms with Crippen LogP contribution in [0.25, 0.3) is 11.1 Å². The lowest BCUT2D eigenvalue weighted by molar-refractivity contribution is 0.259. The van der Waals surface area contributed by atoms with Crippen LogP contribution in [0.1, 0.15) is 0 Å². The van der Waals surface area contributed by atoms with Gasteiger partial charge in [0.15, 0.2) is 0 Å². The van der Waals surface area contributed by atoms with Crippen LogP contribution in [-0.2, 0) is 0 Å². The lowest BCUT2D eigenvalue weighted by Gasteiger charge is -2.11. The molecule has 0 aliphatic carbocycles. The van der Waals surface area contributed by atoms with E-state index in [1.165, 1.54) is 6.07 Å². The number of hydrogen-bond acceptors (Lipinski definition) is 2. The number of benzene rings is 2. The van der Waals surface area contributed by atoms with E-state index in [0.717, 1.165) is 11.1 Å². The zero-order valence-corrected chi connectivity index (χ0v) is 9.05. The fourth-order valence-electron chi connectivity index (χ4n) is 1.65. The maximum Gasteiger partial charge on any atom is 0.316 e. The summed E-state index contributed by atoms with van der Waals surface area (Å²) in [7, 11) is 0. The number of phenols is 1. The summed E-state index contributed by atoms with van der Waals surface area (Å²) in [6.45, 7) is 0. The Bertz CT molecular complexity index is 538. The van der Waals surface area contributed by atoms with Crippen LogP contribution < -0.4 is 11.1 Å². The summed E-state index contributed by atoms with van der Waals surface area (Å²) >= 11 is 0. The number of nitrogens with one attached hydrogen (secondary N) is 1. The van der Waals surface area contributed by atoms with Gasteiger partial charge in [-0.25, -0.2) is 4.79 Å². The molecule has 0 radical (unpaired) electrons. The van der Waals surface area contributed by atoms with Gasteiger partial charge in [0, 0.05) is 5.56 Å². The molecule has 0 unspecified atom stereocenters. The topological polar surface area (TPSA) is 75.4 Å². The molecule has 86 valence electrons. The number of para-hydroxylation sites is 1. The largest absolute Gasteiger partial charge is 0.506 e. The Labute approximate surface area is 98.7 Å². The minimum Gasteiger partial charge on any atom is -0.506 e. The minimum atomic E-state index is -0.705. The van der Waals surface area contributed by atoms with Gasteiger partial charge in [0.25, 0.3) is 0 Å². The van der Waals surface area contributed by atoms with Crippen LogP contribution in [0.4, 0.5) is 10.5 Å². The van der Waals surface area contributed by atoms with Crippen LogP contribution in [0, 0.1) is 0 Å². The molecule has 0 saturated carbocycles. The Kier molecular flexibility index (Phi) is 2.96. The van der Waals surface area contributed by atoms with Crippen molar-refractivity contribution < 1.29 is 9.90 Å². The van der Waals surface area contributed by atoms with Crippen molar-refractivity contribution in [3.8, 4) is 16.9 Å². The predicted octanol–water partition coefficient (Wildman–Crippen LogP) is 2.55. The number of aromatic hydroxyl groups is 1. The summed E-state index contributed by atoms with van der Waals surface area (Å²) in [5.41, 5.74) is 7.03. The Morgan fingerprint density at radius 1 is 1.06 bits per heavy atom. The van der Waals surface area contributed by atoms with Crippen molar-refractivity contribution >= 4 is 11.7 Å². The van der Waals surface area contributed by atoms with Gasteiger partial charge in [-0.3, -0.25) is 0 Å². The number of anilines is 1. The van der Waals surface area contributed by atoms with E-state index < -0.39 is 6.03 Å². The molecule has 4 heteroatoms. The van der Waals surface area contributed by atoms with E-state index in [1.54, 1.807) is 12.1 Å². The predicted molar refractivity (Wildman–Crippen MR) is 66.7 cm³/mol. The first kappa shape index (κ1) is 11.0. The molecule has 0 aliphatic rings. The van der Waals surface area contributed by atoms with Crippen LogP contribution >= 0.6 is 0 Å². The highest BCUT2D eigenvalue weighted by atomic mass is 16.3. The number of hydrogen-bond donors (Lipinski definition) is 3. The van der Waals surface area contributed by atoms with Crippen molar-refractivity contribution in [2.75, 3.05) is 5.32 Å². The van der Waals surface area contributed by atoms with Gasteiger partial charge < -0.3 is 16.2 Å². The number of nitrogens with two attached hydrogens (primary N) is 1. The third kappa shape index (κ3) is 2.36. The van der Waals surface area contributed by atoms with Crippen LogP contribution in [-0.4, -0.2) is 11.1 Å². The molecule has 17 heavy (non-hydrogen) atoms.